The maximum absolute atomic E-state index is 13.4. The number of nitrogens with zero attached hydrogens (tertiary/aromatic N) is 4. The van der Waals surface area contributed by atoms with Crippen molar-refractivity contribution in [2.75, 3.05) is 58.3 Å². The molecule has 1 N–H and O–H groups in total. The van der Waals surface area contributed by atoms with Crippen molar-refractivity contribution in [3.8, 4) is 22.6 Å². The fourth-order valence-electron chi connectivity index (χ4n) is 5.98. The molecule has 38 heavy (non-hydrogen) atoms. The van der Waals surface area contributed by atoms with E-state index in [0.717, 1.165) is 98.2 Å². The number of carbonyl (C=O) groups excluding carboxylic acids is 1. The number of likely N-dealkylation sites (N-methyl/N-ethyl adjacent to an activating group) is 1. The third-order valence-electron chi connectivity index (χ3n) is 8.47. The van der Waals surface area contributed by atoms with Crippen LogP contribution in [0.15, 0.2) is 36.5 Å². The molecule has 0 atom stereocenters. The number of fused-ring (bicyclic) bond motifs is 1. The minimum atomic E-state index is -0.0680. The summed E-state index contributed by atoms with van der Waals surface area (Å²) in [4.78, 5) is 25.6. The van der Waals surface area contributed by atoms with Gasteiger partial charge in [-0.2, -0.15) is 0 Å². The van der Waals surface area contributed by atoms with Crippen molar-refractivity contribution in [2.45, 2.75) is 31.7 Å². The van der Waals surface area contributed by atoms with Gasteiger partial charge in [-0.3, -0.25) is 14.7 Å². The Morgan fingerprint density at radius 3 is 2.42 bits per heavy atom. The number of phenols is 1. The summed E-state index contributed by atoms with van der Waals surface area (Å²) in [6.45, 7) is 6.36. The fraction of sp³-hybridized carbons (Fsp3) is 0.467. The smallest absolute Gasteiger partial charge is 0.176 e. The number of ketones is 1. The highest BCUT2D eigenvalue weighted by molar-refractivity contribution is 6.32. The van der Waals surface area contributed by atoms with Crippen LogP contribution in [0.3, 0.4) is 0 Å². The van der Waals surface area contributed by atoms with E-state index in [4.69, 9.17) is 21.3 Å². The van der Waals surface area contributed by atoms with Crippen LogP contribution >= 0.6 is 11.6 Å². The second-order valence-corrected chi connectivity index (χ2v) is 11.4. The van der Waals surface area contributed by atoms with Gasteiger partial charge in [0.1, 0.15) is 0 Å². The van der Waals surface area contributed by atoms with Crippen LogP contribution in [0.25, 0.3) is 22.0 Å². The number of phenolic OH excluding ortho intramolecular Hbond substituents is 1. The van der Waals surface area contributed by atoms with E-state index in [0.29, 0.717) is 11.8 Å². The van der Waals surface area contributed by atoms with Crippen molar-refractivity contribution in [3.05, 3.63) is 47.1 Å². The summed E-state index contributed by atoms with van der Waals surface area (Å²) in [6.07, 6.45) is 5.91. The number of carbonyl (C=O) groups is 1. The van der Waals surface area contributed by atoms with Crippen molar-refractivity contribution in [3.63, 3.8) is 0 Å². The molecule has 0 bridgehead atoms. The molecule has 2 aromatic carbocycles. The summed E-state index contributed by atoms with van der Waals surface area (Å²) >= 11 is 6.31. The van der Waals surface area contributed by atoms with Crippen molar-refractivity contribution in [1.82, 2.24) is 14.8 Å². The van der Waals surface area contributed by atoms with Gasteiger partial charge in [-0.1, -0.05) is 17.7 Å². The molecule has 2 aliphatic heterocycles. The van der Waals surface area contributed by atoms with Gasteiger partial charge in [-0.25, -0.2) is 0 Å². The lowest BCUT2D eigenvalue weighted by atomic mass is 9.95. The molecule has 200 valence electrons. The number of anilines is 1. The number of ether oxygens (including phenoxy) is 1. The molecule has 0 unspecified atom stereocenters. The van der Waals surface area contributed by atoms with E-state index in [2.05, 4.69) is 27.8 Å². The molecule has 8 heteroatoms. The zero-order chi connectivity index (χ0) is 26.4. The first-order valence-corrected chi connectivity index (χ1v) is 14.0. The Morgan fingerprint density at radius 1 is 1.00 bits per heavy atom. The average molecular weight is 535 g/mol. The van der Waals surface area contributed by atoms with Crippen LogP contribution in [0.2, 0.25) is 5.02 Å². The number of aromatic nitrogens is 1. The van der Waals surface area contributed by atoms with Gasteiger partial charge >= 0.3 is 0 Å². The number of Topliss-reactive ketones (excluding diaryl/α,β-unsaturated/α-hetero) is 1. The molecule has 0 amide bonds. The molecular formula is C30H35ClN4O3. The minimum absolute atomic E-state index is 0.0680. The summed E-state index contributed by atoms with van der Waals surface area (Å²) in [5.74, 6) is 0.603. The number of halogens is 1. The summed E-state index contributed by atoms with van der Waals surface area (Å²) in [5.41, 5.74) is 4.40. The van der Waals surface area contributed by atoms with Gasteiger partial charge in [0.2, 0.25) is 0 Å². The molecule has 3 heterocycles. The summed E-state index contributed by atoms with van der Waals surface area (Å²) < 4.78 is 5.34. The number of aromatic hydroxyl groups is 1. The Bertz CT molecular complexity index is 1360. The third-order valence-corrected chi connectivity index (χ3v) is 8.76. The van der Waals surface area contributed by atoms with E-state index < -0.39 is 0 Å². The van der Waals surface area contributed by atoms with Crippen molar-refractivity contribution < 1.29 is 14.6 Å². The van der Waals surface area contributed by atoms with E-state index >= 15 is 0 Å². The van der Waals surface area contributed by atoms with E-state index in [1.54, 1.807) is 18.3 Å². The van der Waals surface area contributed by atoms with Crippen molar-refractivity contribution in [1.29, 1.82) is 0 Å². The summed E-state index contributed by atoms with van der Waals surface area (Å²) in [5, 5.41) is 11.4. The Labute approximate surface area is 228 Å². The highest BCUT2D eigenvalue weighted by atomic mass is 35.5. The quantitative estimate of drug-likeness (QED) is 0.442. The van der Waals surface area contributed by atoms with Crippen molar-refractivity contribution >= 4 is 34.0 Å². The molecule has 6 rings (SSSR count). The lowest BCUT2D eigenvalue weighted by Gasteiger charge is -2.43. The predicted octanol–water partition coefficient (Wildman–Crippen LogP) is 5.08. The zero-order valence-corrected chi connectivity index (χ0v) is 22.9. The molecule has 3 aromatic rings. The molecular weight excluding hydrogens is 500 g/mol. The SMILES string of the molecule is COc1cc(-c2ccc3ncc(C(=O)C4CC4)c(N4CCC(N5CCN(C)CC5)CC4)c3c2)cc(Cl)c1O. The van der Waals surface area contributed by atoms with Crippen LogP contribution in [0.4, 0.5) is 5.69 Å². The molecule has 0 spiro atoms. The Hall–Kier alpha value is -2.87. The molecule has 1 aliphatic carbocycles. The van der Waals surface area contributed by atoms with E-state index in [9.17, 15) is 9.90 Å². The highest BCUT2D eigenvalue weighted by Gasteiger charge is 2.35. The summed E-state index contributed by atoms with van der Waals surface area (Å²) in [6, 6.07) is 10.2. The zero-order valence-electron chi connectivity index (χ0n) is 22.1. The van der Waals surface area contributed by atoms with Gasteiger partial charge in [-0.15, -0.1) is 0 Å². The van der Waals surface area contributed by atoms with Crippen LogP contribution in [-0.4, -0.2) is 85.1 Å². The predicted molar refractivity (Wildman–Crippen MR) is 152 cm³/mol. The van der Waals surface area contributed by atoms with E-state index in [1.165, 1.54) is 7.11 Å². The lowest BCUT2D eigenvalue weighted by molar-refractivity contribution is 0.0963. The standard InChI is InChI=1S/C30H35ClN4O3/c1-33-11-13-34(14-12-33)22-7-9-35(10-8-22)28-23-15-20(21-16-25(31)30(37)27(17-21)38-2)5-6-26(23)32-18-24(28)29(36)19-3-4-19/h5-6,15-19,22,37H,3-4,7-14H2,1-2H3. The van der Waals surface area contributed by atoms with Crippen LogP contribution in [0.1, 0.15) is 36.0 Å². The van der Waals surface area contributed by atoms with Gasteiger partial charge in [0.15, 0.2) is 17.3 Å². The normalized spacial score (nSPS) is 19.7. The molecule has 1 aromatic heterocycles. The first-order chi connectivity index (χ1) is 18.4. The number of benzene rings is 2. The molecule has 2 saturated heterocycles. The maximum Gasteiger partial charge on any atom is 0.176 e. The number of pyridine rings is 1. The second-order valence-electron chi connectivity index (χ2n) is 11.0. The van der Waals surface area contributed by atoms with Crippen LogP contribution in [0.5, 0.6) is 11.5 Å². The number of piperidine rings is 1. The molecule has 3 fully saturated rings. The van der Waals surface area contributed by atoms with Gasteiger partial charge < -0.3 is 19.6 Å². The first-order valence-electron chi connectivity index (χ1n) is 13.6. The number of rotatable bonds is 6. The second kappa shape index (κ2) is 10.4. The topological polar surface area (TPSA) is 69.1 Å². The Morgan fingerprint density at radius 2 is 1.74 bits per heavy atom. The fourth-order valence-corrected chi connectivity index (χ4v) is 6.19. The third kappa shape index (κ3) is 4.83. The Balaban J connectivity index is 1.37. The van der Waals surface area contributed by atoms with Gasteiger partial charge in [0, 0.05) is 62.8 Å². The van der Waals surface area contributed by atoms with E-state index in [-0.39, 0.29) is 22.5 Å². The number of hydrogen-bond donors (Lipinski definition) is 1. The minimum Gasteiger partial charge on any atom is -0.503 e. The average Bonchev–Trinajstić information content (AvgIpc) is 3.79. The van der Waals surface area contributed by atoms with E-state index in [1.807, 2.05) is 12.1 Å². The first kappa shape index (κ1) is 25.4. The van der Waals surface area contributed by atoms with Crippen LogP contribution in [0, 0.1) is 5.92 Å². The number of piperazine rings is 1. The molecule has 7 nitrogen and oxygen atoms in total. The maximum atomic E-state index is 13.4. The molecule has 0 radical (unpaired) electrons. The van der Waals surface area contributed by atoms with Crippen LogP contribution < -0.4 is 9.64 Å². The van der Waals surface area contributed by atoms with Crippen LogP contribution in [-0.2, 0) is 0 Å². The van der Waals surface area contributed by atoms with Gasteiger partial charge in [-0.05, 0) is 68.1 Å². The highest BCUT2D eigenvalue weighted by Crippen LogP contribution is 2.42. The largest absolute Gasteiger partial charge is 0.503 e. The Kier molecular flexibility index (Phi) is 6.93. The monoisotopic (exact) mass is 534 g/mol. The van der Waals surface area contributed by atoms with Crippen molar-refractivity contribution in [2.24, 2.45) is 5.92 Å². The number of hydrogen-bond acceptors (Lipinski definition) is 7. The lowest BCUT2D eigenvalue weighted by Crippen LogP contribution is -2.52. The number of methoxy groups -OCH3 is 1. The molecule has 1 saturated carbocycles. The summed E-state index contributed by atoms with van der Waals surface area (Å²) in [7, 11) is 3.71. The molecule has 3 aliphatic rings. The van der Waals surface area contributed by atoms with Gasteiger partial charge in [0.25, 0.3) is 0 Å². The van der Waals surface area contributed by atoms with Gasteiger partial charge in [0.05, 0.1) is 28.9 Å².